The Morgan fingerprint density at radius 2 is 1.38 bits per heavy atom. The van der Waals surface area contributed by atoms with Gasteiger partial charge in [-0.3, -0.25) is 30.0 Å². The van der Waals surface area contributed by atoms with Crippen LogP contribution in [-0.4, -0.2) is 53.3 Å². The second-order valence-corrected chi connectivity index (χ2v) is 7.57. The molecule has 4 heterocycles. The van der Waals surface area contributed by atoms with Crippen molar-refractivity contribution in [3.05, 3.63) is 20.2 Å². The summed E-state index contributed by atoms with van der Waals surface area (Å²) in [7, 11) is 0. The topological polar surface area (TPSA) is 95.2 Å². The minimum atomic E-state index is -1.18. The molecule has 0 amide bonds. The minimum Gasteiger partial charge on any atom is -0.274 e. The molecule has 0 aliphatic carbocycles. The summed E-state index contributed by atoms with van der Waals surface area (Å²) in [6.07, 6.45) is 2.28. The molecule has 4 fully saturated rings. The summed E-state index contributed by atoms with van der Waals surface area (Å²) in [6.45, 7) is 7.29. The van der Waals surface area contributed by atoms with Crippen molar-refractivity contribution in [3.8, 4) is 0 Å². The van der Waals surface area contributed by atoms with E-state index in [4.69, 9.17) is 0 Å². The first-order valence-corrected chi connectivity index (χ1v) is 7.70. The fourth-order valence-corrected chi connectivity index (χ4v) is 5.26. The second kappa shape index (κ2) is 4.13. The molecule has 0 atom stereocenters. The van der Waals surface area contributed by atoms with Crippen LogP contribution in [0.5, 0.6) is 0 Å². The molecule has 0 aromatic heterocycles. The van der Waals surface area contributed by atoms with Crippen molar-refractivity contribution < 1.29 is 19.6 Å². The molecular formula is C13H24N4O4+2. The van der Waals surface area contributed by atoms with E-state index in [1.165, 1.54) is 0 Å². The highest BCUT2D eigenvalue weighted by atomic mass is 16.6. The summed E-state index contributed by atoms with van der Waals surface area (Å²) in [4.78, 5) is 25.4. The number of nitrogens with zero attached hydrogens (tertiary/aromatic N) is 2. The molecule has 4 aliphatic heterocycles. The predicted octanol–water partition coefficient (Wildman–Crippen LogP) is -2.02. The monoisotopic (exact) mass is 300 g/mol. The molecule has 2 N–H and O–H groups in total. The normalized spacial score (nSPS) is 46.5. The molecule has 0 aromatic rings. The molecule has 4 rings (SSSR count). The Morgan fingerprint density at radius 3 is 1.67 bits per heavy atom. The van der Waals surface area contributed by atoms with Crippen molar-refractivity contribution in [2.24, 2.45) is 5.41 Å². The van der Waals surface area contributed by atoms with E-state index in [-0.39, 0.29) is 16.0 Å². The zero-order valence-electron chi connectivity index (χ0n) is 12.8. The van der Waals surface area contributed by atoms with Gasteiger partial charge < -0.3 is 0 Å². The highest BCUT2D eigenvalue weighted by molar-refractivity contribution is 5.12. The van der Waals surface area contributed by atoms with Gasteiger partial charge in [-0.05, 0) is 20.3 Å². The van der Waals surface area contributed by atoms with Gasteiger partial charge in [0.05, 0.1) is 6.42 Å². The zero-order valence-corrected chi connectivity index (χ0v) is 12.8. The quantitative estimate of drug-likeness (QED) is 0.463. The van der Waals surface area contributed by atoms with Crippen LogP contribution in [0.25, 0.3) is 0 Å². The van der Waals surface area contributed by atoms with Crippen molar-refractivity contribution in [1.29, 1.82) is 0 Å². The van der Waals surface area contributed by atoms with E-state index in [1.807, 2.05) is 0 Å². The number of piperidine rings is 2. The van der Waals surface area contributed by atoms with Crippen LogP contribution in [0.1, 0.15) is 33.6 Å². The fourth-order valence-electron chi connectivity index (χ4n) is 5.26. The molecule has 8 heteroatoms. The average Bonchev–Trinajstić information content (AvgIpc) is 2.36. The van der Waals surface area contributed by atoms with Gasteiger partial charge in [-0.1, -0.05) is 6.92 Å². The molecule has 4 bridgehead atoms. The maximum absolute atomic E-state index is 11.9. The van der Waals surface area contributed by atoms with Gasteiger partial charge in [0, 0.05) is 9.85 Å². The van der Waals surface area contributed by atoms with Crippen molar-refractivity contribution >= 4 is 0 Å². The standard InChI is InChI=1S/C13H22N4O4/c1-4-5-10-14-6-12(16(18)19)7-15(10)9-13(8-14,17(20)21)11(12,2)3/h10H,4-9H2,1-3H3/p+2. The van der Waals surface area contributed by atoms with E-state index in [1.54, 1.807) is 13.8 Å². The summed E-state index contributed by atoms with van der Waals surface area (Å²) in [5.41, 5.74) is -3.27. The lowest BCUT2D eigenvalue weighted by Crippen LogP contribution is -3.47. The van der Waals surface area contributed by atoms with E-state index in [2.05, 4.69) is 6.92 Å². The van der Waals surface area contributed by atoms with Crippen molar-refractivity contribution in [2.75, 3.05) is 26.2 Å². The first-order valence-electron chi connectivity index (χ1n) is 7.70. The van der Waals surface area contributed by atoms with Crippen LogP contribution in [0.15, 0.2) is 0 Å². The molecular weight excluding hydrogens is 276 g/mol. The lowest BCUT2D eigenvalue weighted by molar-refractivity contribution is -1.19. The van der Waals surface area contributed by atoms with Crippen LogP contribution < -0.4 is 9.80 Å². The number of hydrogen-bond donors (Lipinski definition) is 2. The highest BCUT2D eigenvalue weighted by Gasteiger charge is 2.86. The second-order valence-electron chi connectivity index (χ2n) is 7.57. The third-order valence-corrected chi connectivity index (χ3v) is 6.67. The largest absolute Gasteiger partial charge is 0.329 e. The van der Waals surface area contributed by atoms with Gasteiger partial charge in [0.2, 0.25) is 6.17 Å². The SMILES string of the molecule is CCCC1[NH+]2CC3([N+](=O)[O-])C[NH+]1CC([N+](=O)[O-])(C2)C3(C)C. The van der Waals surface area contributed by atoms with E-state index < -0.39 is 16.5 Å². The molecule has 8 nitrogen and oxygen atoms in total. The Hall–Kier alpha value is -1.28. The van der Waals surface area contributed by atoms with Gasteiger partial charge in [-0.15, -0.1) is 0 Å². The van der Waals surface area contributed by atoms with Crippen LogP contribution in [0, 0.1) is 25.6 Å². The van der Waals surface area contributed by atoms with Gasteiger partial charge in [-0.2, -0.15) is 0 Å². The summed E-state index contributed by atoms with van der Waals surface area (Å²) in [5.74, 6) is 0. The number of nitro groups is 2. The molecule has 0 spiro atoms. The predicted molar refractivity (Wildman–Crippen MR) is 73.3 cm³/mol. The zero-order chi connectivity index (χ0) is 15.6. The fraction of sp³-hybridized carbons (Fsp3) is 1.00. The molecule has 0 aromatic carbocycles. The van der Waals surface area contributed by atoms with Crippen LogP contribution in [0.4, 0.5) is 0 Å². The van der Waals surface area contributed by atoms with E-state index in [0.29, 0.717) is 26.2 Å². The lowest BCUT2D eigenvalue weighted by atomic mass is 9.53. The number of quaternary nitrogens is 2. The van der Waals surface area contributed by atoms with Crippen LogP contribution in [0.3, 0.4) is 0 Å². The highest BCUT2D eigenvalue weighted by Crippen LogP contribution is 2.47. The number of rotatable bonds is 4. The Bertz CT molecular complexity index is 454. The third kappa shape index (κ3) is 1.47. The molecule has 21 heavy (non-hydrogen) atoms. The number of hydrogen-bond acceptors (Lipinski definition) is 4. The van der Waals surface area contributed by atoms with E-state index >= 15 is 0 Å². The smallest absolute Gasteiger partial charge is 0.274 e. The number of nitrogens with one attached hydrogen (secondary N) is 2. The van der Waals surface area contributed by atoms with E-state index in [0.717, 1.165) is 22.6 Å². The molecule has 0 saturated carbocycles. The molecule has 118 valence electrons. The summed E-state index contributed by atoms with van der Waals surface area (Å²) < 4.78 is 0. The minimum absolute atomic E-state index is 0.217. The Balaban J connectivity index is 2.12. The van der Waals surface area contributed by atoms with Gasteiger partial charge in [0.15, 0.2) is 26.2 Å². The summed E-state index contributed by atoms with van der Waals surface area (Å²) >= 11 is 0. The van der Waals surface area contributed by atoms with Crippen molar-refractivity contribution in [3.63, 3.8) is 0 Å². The Kier molecular flexibility index (Phi) is 2.88. The summed E-state index contributed by atoms with van der Waals surface area (Å²) in [6, 6.07) is 0. The van der Waals surface area contributed by atoms with Crippen LogP contribution in [-0.2, 0) is 0 Å². The maximum atomic E-state index is 11.9. The first-order chi connectivity index (χ1) is 9.72. The summed E-state index contributed by atoms with van der Waals surface area (Å²) in [5, 5.41) is 23.7. The lowest BCUT2D eigenvalue weighted by Gasteiger charge is -2.60. The van der Waals surface area contributed by atoms with Crippen LogP contribution >= 0.6 is 0 Å². The molecule has 0 unspecified atom stereocenters. The van der Waals surface area contributed by atoms with Crippen molar-refractivity contribution in [2.45, 2.75) is 50.9 Å². The Morgan fingerprint density at radius 1 is 1.00 bits per heavy atom. The van der Waals surface area contributed by atoms with Crippen LogP contribution in [0.2, 0.25) is 0 Å². The first kappa shape index (κ1) is 14.6. The molecule has 4 aliphatic rings. The Labute approximate surface area is 123 Å². The molecule has 0 radical (unpaired) electrons. The van der Waals surface area contributed by atoms with Gasteiger partial charge in [-0.25, -0.2) is 0 Å². The van der Waals surface area contributed by atoms with Gasteiger partial charge in [0.25, 0.3) is 0 Å². The van der Waals surface area contributed by atoms with E-state index in [9.17, 15) is 20.2 Å². The van der Waals surface area contributed by atoms with Crippen molar-refractivity contribution in [1.82, 2.24) is 0 Å². The average molecular weight is 300 g/mol. The third-order valence-electron chi connectivity index (χ3n) is 6.67. The van der Waals surface area contributed by atoms with Gasteiger partial charge in [0.1, 0.15) is 5.41 Å². The maximum Gasteiger partial charge on any atom is 0.329 e. The van der Waals surface area contributed by atoms with Gasteiger partial charge >= 0.3 is 11.1 Å². The molecule has 4 saturated heterocycles.